The van der Waals surface area contributed by atoms with Crippen molar-refractivity contribution in [3.05, 3.63) is 54.4 Å². The first-order valence-electron chi connectivity index (χ1n) is 9.59. The number of nitrogens with one attached hydrogen (secondary N) is 1. The highest BCUT2D eigenvalue weighted by Crippen LogP contribution is 2.22. The van der Waals surface area contributed by atoms with Crippen molar-refractivity contribution in [2.45, 2.75) is 39.7 Å². The van der Waals surface area contributed by atoms with Crippen LogP contribution in [0.5, 0.6) is 5.75 Å². The van der Waals surface area contributed by atoms with Gasteiger partial charge in [0.25, 0.3) is 0 Å². The highest BCUT2D eigenvalue weighted by Gasteiger charge is 2.27. The van der Waals surface area contributed by atoms with E-state index in [1.807, 2.05) is 20.8 Å². The lowest BCUT2D eigenvalue weighted by Crippen LogP contribution is -2.47. The Balaban J connectivity index is 1.54. The van der Waals surface area contributed by atoms with E-state index in [1.165, 1.54) is 6.07 Å². The zero-order valence-electron chi connectivity index (χ0n) is 17.1. The number of rotatable bonds is 8. The van der Waals surface area contributed by atoms with Gasteiger partial charge >= 0.3 is 0 Å². The Labute approximate surface area is 173 Å². The highest BCUT2D eigenvalue weighted by atomic mass is 19.1. The van der Waals surface area contributed by atoms with E-state index in [9.17, 15) is 9.18 Å². The van der Waals surface area contributed by atoms with Crippen molar-refractivity contribution in [2.75, 3.05) is 6.61 Å². The quantitative estimate of drug-likeness (QED) is 0.605. The molecule has 0 aliphatic carbocycles. The molecule has 1 N–H and O–H groups in total. The van der Waals surface area contributed by atoms with Gasteiger partial charge in [0.15, 0.2) is 11.6 Å². The predicted molar refractivity (Wildman–Crippen MR) is 107 cm³/mol. The zero-order chi connectivity index (χ0) is 21.6. The van der Waals surface area contributed by atoms with Gasteiger partial charge in [-0.1, -0.05) is 38.1 Å². The number of aryl methyl sites for hydroxylation is 1. The minimum absolute atomic E-state index is 0.145. The van der Waals surface area contributed by atoms with Crippen molar-refractivity contribution in [3.8, 4) is 17.4 Å². The Hall–Kier alpha value is -3.36. The van der Waals surface area contributed by atoms with E-state index in [0.29, 0.717) is 11.7 Å². The number of carbonyl (C=O) groups is 1. The first-order valence-corrected chi connectivity index (χ1v) is 9.59. The van der Waals surface area contributed by atoms with Gasteiger partial charge in [-0.05, 0) is 23.6 Å². The maximum atomic E-state index is 13.8. The van der Waals surface area contributed by atoms with Crippen LogP contribution in [-0.2, 0) is 11.2 Å². The summed E-state index contributed by atoms with van der Waals surface area (Å²) in [5.41, 5.74) is -0.288. The Kier molecular flexibility index (Phi) is 6.71. The topological polar surface area (TPSA) is 103 Å². The number of carbonyl (C=O) groups excluding carboxylic acids is 1. The number of ether oxygens (including phenoxy) is 1. The van der Waals surface area contributed by atoms with E-state index in [0.717, 1.165) is 0 Å². The Morgan fingerprint density at radius 1 is 1.17 bits per heavy atom. The van der Waals surface area contributed by atoms with Gasteiger partial charge in [0, 0.05) is 25.2 Å². The average Bonchev–Trinajstić information content (AvgIpc) is 3.19. The fourth-order valence-corrected chi connectivity index (χ4v) is 2.59. The largest absolute Gasteiger partial charge is 0.488 e. The number of benzene rings is 1. The number of amides is 1. The summed E-state index contributed by atoms with van der Waals surface area (Å²) in [7, 11) is 0. The van der Waals surface area contributed by atoms with Crippen molar-refractivity contribution in [1.82, 2.24) is 25.4 Å². The number of hydrogen-bond donors (Lipinski definition) is 1. The SMILES string of the molecule is CC(C)(C)C(COc1ccccc1F)NC(=O)CCc1nc(-c2ncccn2)no1. The average molecular weight is 413 g/mol. The molecule has 0 saturated heterocycles. The number of aromatic nitrogens is 4. The van der Waals surface area contributed by atoms with Crippen molar-refractivity contribution < 1.29 is 18.4 Å². The summed E-state index contributed by atoms with van der Waals surface area (Å²) in [6.07, 6.45) is 3.60. The Morgan fingerprint density at radius 3 is 2.60 bits per heavy atom. The normalized spacial score (nSPS) is 12.4. The molecule has 158 valence electrons. The van der Waals surface area contributed by atoms with Crippen LogP contribution in [0.2, 0.25) is 0 Å². The maximum Gasteiger partial charge on any atom is 0.240 e. The molecule has 0 radical (unpaired) electrons. The van der Waals surface area contributed by atoms with E-state index < -0.39 is 5.82 Å². The monoisotopic (exact) mass is 413 g/mol. The van der Waals surface area contributed by atoms with Crippen LogP contribution >= 0.6 is 0 Å². The van der Waals surface area contributed by atoms with Crippen LogP contribution in [0, 0.1) is 11.2 Å². The van der Waals surface area contributed by atoms with Gasteiger partial charge in [0.1, 0.15) is 6.61 Å². The molecule has 3 rings (SSSR count). The maximum absolute atomic E-state index is 13.8. The predicted octanol–water partition coefficient (Wildman–Crippen LogP) is 3.21. The Morgan fingerprint density at radius 2 is 1.90 bits per heavy atom. The molecule has 1 unspecified atom stereocenters. The second kappa shape index (κ2) is 9.43. The van der Waals surface area contributed by atoms with E-state index in [-0.39, 0.29) is 48.4 Å². The van der Waals surface area contributed by atoms with Gasteiger partial charge in [-0.15, -0.1) is 0 Å². The molecule has 1 aromatic carbocycles. The lowest BCUT2D eigenvalue weighted by Gasteiger charge is -2.31. The third-order valence-corrected chi connectivity index (χ3v) is 4.42. The first-order chi connectivity index (χ1) is 14.3. The molecule has 0 bridgehead atoms. The summed E-state index contributed by atoms with van der Waals surface area (Å²) in [6, 6.07) is 7.55. The van der Waals surface area contributed by atoms with Crippen LogP contribution in [0.15, 0.2) is 47.2 Å². The standard InChI is InChI=1S/C21H24FN5O3/c1-21(2,3)16(13-29-15-8-5-4-7-14(15)22)25-17(28)9-10-18-26-20(27-30-18)19-23-11-6-12-24-19/h4-8,11-12,16H,9-10,13H2,1-3H3,(H,25,28). The number of hydrogen-bond acceptors (Lipinski definition) is 7. The fraction of sp³-hybridized carbons (Fsp3) is 0.381. The third kappa shape index (κ3) is 5.82. The molecule has 30 heavy (non-hydrogen) atoms. The highest BCUT2D eigenvalue weighted by molar-refractivity contribution is 5.76. The fourth-order valence-electron chi connectivity index (χ4n) is 2.59. The van der Waals surface area contributed by atoms with Gasteiger partial charge in [0.2, 0.25) is 23.4 Å². The number of halogens is 1. The summed E-state index contributed by atoms with van der Waals surface area (Å²) < 4.78 is 24.6. The number of nitrogens with zero attached hydrogens (tertiary/aromatic N) is 4. The van der Waals surface area contributed by atoms with Crippen LogP contribution in [0.1, 0.15) is 33.1 Å². The third-order valence-electron chi connectivity index (χ3n) is 4.42. The lowest BCUT2D eigenvalue weighted by molar-refractivity contribution is -0.123. The molecule has 3 aromatic rings. The van der Waals surface area contributed by atoms with Crippen LogP contribution < -0.4 is 10.1 Å². The smallest absolute Gasteiger partial charge is 0.240 e. The molecule has 1 atom stereocenters. The molecule has 0 saturated carbocycles. The van der Waals surface area contributed by atoms with Crippen molar-refractivity contribution in [2.24, 2.45) is 5.41 Å². The van der Waals surface area contributed by atoms with E-state index in [1.54, 1.807) is 36.7 Å². The van der Waals surface area contributed by atoms with Crippen LogP contribution in [0.3, 0.4) is 0 Å². The summed E-state index contributed by atoms with van der Waals surface area (Å²) in [6.45, 7) is 6.08. The van der Waals surface area contributed by atoms with Gasteiger partial charge in [-0.3, -0.25) is 4.79 Å². The lowest BCUT2D eigenvalue weighted by atomic mass is 9.87. The molecule has 0 aliphatic heterocycles. The van der Waals surface area contributed by atoms with E-state index >= 15 is 0 Å². The van der Waals surface area contributed by atoms with Gasteiger partial charge in [0.05, 0.1) is 6.04 Å². The van der Waals surface area contributed by atoms with Gasteiger partial charge in [-0.2, -0.15) is 4.98 Å². The summed E-state index contributed by atoms with van der Waals surface area (Å²) in [5.74, 6) is 0.478. The van der Waals surface area contributed by atoms with Gasteiger partial charge in [-0.25, -0.2) is 14.4 Å². The Bertz CT molecular complexity index is 972. The molecular weight excluding hydrogens is 389 g/mol. The van der Waals surface area contributed by atoms with Crippen molar-refractivity contribution >= 4 is 5.91 Å². The van der Waals surface area contributed by atoms with Crippen molar-refractivity contribution in [1.29, 1.82) is 0 Å². The molecule has 0 fully saturated rings. The van der Waals surface area contributed by atoms with Crippen molar-refractivity contribution in [3.63, 3.8) is 0 Å². The minimum Gasteiger partial charge on any atom is -0.488 e. The van der Waals surface area contributed by atoms with Crippen LogP contribution in [-0.4, -0.2) is 38.7 Å². The molecule has 2 aromatic heterocycles. The second-order valence-electron chi connectivity index (χ2n) is 7.81. The molecular formula is C21H24FN5O3. The van der Waals surface area contributed by atoms with Crippen LogP contribution in [0.25, 0.3) is 11.6 Å². The first kappa shape index (κ1) is 21.4. The molecule has 2 heterocycles. The second-order valence-corrected chi connectivity index (χ2v) is 7.81. The molecule has 0 aliphatic rings. The summed E-state index contributed by atoms with van der Waals surface area (Å²) in [5, 5.41) is 6.79. The van der Waals surface area contributed by atoms with E-state index in [2.05, 4.69) is 25.4 Å². The van der Waals surface area contributed by atoms with Crippen LogP contribution in [0.4, 0.5) is 4.39 Å². The molecule has 1 amide bonds. The summed E-state index contributed by atoms with van der Waals surface area (Å²) in [4.78, 5) is 24.8. The zero-order valence-corrected chi connectivity index (χ0v) is 17.1. The molecule has 9 heteroatoms. The number of para-hydroxylation sites is 1. The summed E-state index contributed by atoms with van der Waals surface area (Å²) >= 11 is 0. The van der Waals surface area contributed by atoms with E-state index in [4.69, 9.17) is 9.26 Å². The van der Waals surface area contributed by atoms with Gasteiger partial charge < -0.3 is 14.6 Å². The minimum atomic E-state index is -0.439. The molecule has 0 spiro atoms. The molecule has 8 nitrogen and oxygen atoms in total.